The first-order valence-electron chi connectivity index (χ1n) is 32.0. The van der Waals surface area contributed by atoms with Crippen LogP contribution in [0, 0.1) is 0 Å². The van der Waals surface area contributed by atoms with Crippen molar-refractivity contribution in [2.24, 2.45) is 5.73 Å². The first-order chi connectivity index (χ1) is 38.8. The Hall–Kier alpha value is -3.59. The summed E-state index contributed by atoms with van der Waals surface area (Å²) in [6, 6.07) is 0. The fraction of sp³-hybridized carbons (Fsp3) is 0.681. The van der Waals surface area contributed by atoms with Crippen LogP contribution in [0.1, 0.15) is 271 Å². The maximum atomic E-state index is 12.7. The van der Waals surface area contributed by atoms with Crippen LogP contribution in [0.15, 0.2) is 122 Å². The monoisotopic (exact) mass is 1120 g/mol. The van der Waals surface area contributed by atoms with Crippen molar-refractivity contribution in [3.63, 3.8) is 0 Å². The molecule has 2 unspecified atom stereocenters. The van der Waals surface area contributed by atoms with Gasteiger partial charge in [0.1, 0.15) is 6.61 Å². The molecule has 0 amide bonds. The Bertz CT molecular complexity index is 1710. The van der Waals surface area contributed by atoms with Gasteiger partial charge in [0.25, 0.3) is 0 Å². The van der Waals surface area contributed by atoms with Gasteiger partial charge in [-0.05, 0) is 103 Å². The number of unbranched alkanes of at least 4 members (excludes halogenated alkanes) is 26. The second kappa shape index (κ2) is 63.6. The number of ether oxygens (including phenoxy) is 2. The van der Waals surface area contributed by atoms with E-state index in [0.29, 0.717) is 6.42 Å². The van der Waals surface area contributed by atoms with E-state index in [2.05, 4.69) is 135 Å². The van der Waals surface area contributed by atoms with Crippen molar-refractivity contribution in [2.75, 3.05) is 26.4 Å². The second-order valence-corrected chi connectivity index (χ2v) is 22.3. The molecule has 452 valence electrons. The van der Waals surface area contributed by atoms with Crippen LogP contribution in [-0.2, 0) is 32.7 Å². The third kappa shape index (κ3) is 63.5. The lowest BCUT2D eigenvalue weighted by molar-refractivity contribution is -0.161. The van der Waals surface area contributed by atoms with Crippen molar-refractivity contribution < 1.29 is 37.6 Å². The minimum absolute atomic E-state index is 0.0485. The van der Waals surface area contributed by atoms with Gasteiger partial charge in [-0.1, -0.05) is 277 Å². The molecule has 0 saturated carbocycles. The number of hydrogen-bond acceptors (Lipinski definition) is 8. The van der Waals surface area contributed by atoms with Gasteiger partial charge in [-0.2, -0.15) is 0 Å². The number of esters is 2. The number of hydrogen-bond donors (Lipinski definition) is 2. The SMILES string of the molecule is CC/C=C\C/C=C\C/C=C\C/C=C\C/C=C\C/C=C\CCCCCCCCCCCCCCCCCCC(=O)OC(COC(=O)CCCCCCCCCCCC/C=C\C/C=C\C/C=C\C/C=C\CC)COP(=O)(O)OCCN. The van der Waals surface area contributed by atoms with Gasteiger partial charge in [-0.25, -0.2) is 4.57 Å². The highest BCUT2D eigenvalue weighted by molar-refractivity contribution is 7.47. The fourth-order valence-electron chi connectivity index (χ4n) is 8.69. The summed E-state index contributed by atoms with van der Waals surface area (Å²) in [5.74, 6) is -0.831. The first-order valence-corrected chi connectivity index (χ1v) is 33.5. The molecule has 0 aromatic rings. The molecule has 0 bridgehead atoms. The number of phosphoric acid groups is 1. The molecule has 79 heavy (non-hydrogen) atoms. The van der Waals surface area contributed by atoms with Crippen molar-refractivity contribution in [2.45, 2.75) is 277 Å². The first kappa shape index (κ1) is 75.4. The van der Waals surface area contributed by atoms with Gasteiger partial charge in [0.2, 0.25) is 0 Å². The summed E-state index contributed by atoms with van der Waals surface area (Å²) in [6.45, 7) is 3.53. The third-order valence-electron chi connectivity index (χ3n) is 13.3. The Labute approximate surface area is 485 Å². The average Bonchev–Trinajstić information content (AvgIpc) is 3.44. The lowest BCUT2D eigenvalue weighted by Crippen LogP contribution is -2.29. The molecule has 0 fully saturated rings. The van der Waals surface area contributed by atoms with E-state index in [1.54, 1.807) is 0 Å². The molecule has 0 aliphatic rings. The van der Waals surface area contributed by atoms with Gasteiger partial charge in [0.05, 0.1) is 13.2 Å². The maximum absolute atomic E-state index is 12.7. The number of phosphoric ester groups is 1. The van der Waals surface area contributed by atoms with Crippen LogP contribution in [0.2, 0.25) is 0 Å². The van der Waals surface area contributed by atoms with E-state index in [0.717, 1.165) is 116 Å². The Morgan fingerprint density at radius 2 is 0.658 bits per heavy atom. The number of carbonyl (C=O) groups excluding carboxylic acids is 2. The summed E-state index contributed by atoms with van der Waals surface area (Å²) in [6.07, 6.45) is 88.4. The zero-order chi connectivity index (χ0) is 57.3. The molecule has 10 heteroatoms. The van der Waals surface area contributed by atoms with Crippen molar-refractivity contribution in [1.29, 1.82) is 0 Å². The average molecular weight is 1120 g/mol. The summed E-state index contributed by atoms with van der Waals surface area (Å²) >= 11 is 0. The van der Waals surface area contributed by atoms with E-state index >= 15 is 0 Å². The predicted molar refractivity (Wildman–Crippen MR) is 339 cm³/mol. The molecule has 0 heterocycles. The summed E-state index contributed by atoms with van der Waals surface area (Å²) in [5, 5.41) is 0. The van der Waals surface area contributed by atoms with Gasteiger partial charge in [0, 0.05) is 19.4 Å². The number of rotatable bonds is 59. The zero-order valence-corrected chi connectivity index (χ0v) is 51.5. The topological polar surface area (TPSA) is 134 Å². The lowest BCUT2D eigenvalue weighted by atomic mass is 10.0. The van der Waals surface area contributed by atoms with E-state index in [9.17, 15) is 19.0 Å². The lowest BCUT2D eigenvalue weighted by Gasteiger charge is -2.19. The van der Waals surface area contributed by atoms with Crippen LogP contribution < -0.4 is 5.73 Å². The van der Waals surface area contributed by atoms with Gasteiger partial charge < -0.3 is 20.1 Å². The van der Waals surface area contributed by atoms with Gasteiger partial charge in [-0.3, -0.25) is 18.6 Å². The van der Waals surface area contributed by atoms with E-state index in [1.165, 1.54) is 122 Å². The molecule has 0 spiro atoms. The summed E-state index contributed by atoms with van der Waals surface area (Å²) in [4.78, 5) is 35.3. The van der Waals surface area contributed by atoms with E-state index in [-0.39, 0.29) is 38.6 Å². The van der Waals surface area contributed by atoms with Crippen molar-refractivity contribution in [3.8, 4) is 0 Å². The standard InChI is InChI=1S/C69H118NO8P/c1-3-5-7-9-11-13-15-17-19-21-23-25-27-28-29-30-31-32-33-34-35-36-37-38-40-42-44-46-48-50-52-54-56-58-60-62-69(72)78-67(66-77-79(73,74)76-64-63-70)65-75-68(71)61-59-57-55-53-51-49-47-45-43-41-39-26-24-22-20-18-16-14-12-10-8-6-4-2/h5-8,11-14,17-20,23-26,28-29,31-32,67H,3-4,9-10,15-16,21-22,27,30,33-66,70H2,1-2H3,(H,73,74)/b7-5-,8-6-,13-11-,14-12-,19-17-,20-18-,25-23-,26-24-,29-28-,32-31-. The Morgan fingerprint density at radius 3 is 0.975 bits per heavy atom. The Morgan fingerprint density at radius 1 is 0.380 bits per heavy atom. The van der Waals surface area contributed by atoms with E-state index < -0.39 is 26.5 Å². The quantitative estimate of drug-likeness (QED) is 0.0264. The van der Waals surface area contributed by atoms with Gasteiger partial charge >= 0.3 is 19.8 Å². The van der Waals surface area contributed by atoms with Crippen molar-refractivity contribution >= 4 is 19.8 Å². The molecule has 0 rings (SSSR count). The van der Waals surface area contributed by atoms with Crippen molar-refractivity contribution in [3.05, 3.63) is 122 Å². The molecule has 0 aromatic carbocycles. The molecule has 2 atom stereocenters. The Kier molecular flexibility index (Phi) is 60.7. The van der Waals surface area contributed by atoms with Crippen LogP contribution in [0.25, 0.3) is 0 Å². The molecule has 9 nitrogen and oxygen atoms in total. The van der Waals surface area contributed by atoms with Crippen molar-refractivity contribution in [1.82, 2.24) is 0 Å². The third-order valence-corrected chi connectivity index (χ3v) is 14.3. The van der Waals surface area contributed by atoms with Crippen LogP contribution in [0.3, 0.4) is 0 Å². The highest BCUT2D eigenvalue weighted by Crippen LogP contribution is 2.43. The second-order valence-electron chi connectivity index (χ2n) is 20.9. The van der Waals surface area contributed by atoms with E-state index in [4.69, 9.17) is 24.3 Å². The highest BCUT2D eigenvalue weighted by Gasteiger charge is 2.26. The maximum Gasteiger partial charge on any atom is 0.472 e. The normalized spacial score (nSPS) is 13.8. The minimum Gasteiger partial charge on any atom is -0.462 e. The smallest absolute Gasteiger partial charge is 0.462 e. The number of carbonyl (C=O) groups is 2. The van der Waals surface area contributed by atoms with Crippen LogP contribution in [0.4, 0.5) is 0 Å². The molecule has 0 aliphatic carbocycles. The summed E-state index contributed by atoms with van der Waals surface area (Å²) in [5.41, 5.74) is 5.39. The molecular weight excluding hydrogens is 1000 g/mol. The molecule has 3 N–H and O–H groups in total. The molecular formula is C69H118NO8P. The minimum atomic E-state index is -4.40. The molecule has 0 aliphatic heterocycles. The van der Waals surface area contributed by atoms with Crippen LogP contribution in [0.5, 0.6) is 0 Å². The largest absolute Gasteiger partial charge is 0.472 e. The molecule has 0 radical (unpaired) electrons. The Balaban J connectivity index is 3.92. The van der Waals surface area contributed by atoms with Crippen LogP contribution in [-0.4, -0.2) is 49.3 Å². The summed E-state index contributed by atoms with van der Waals surface area (Å²) < 4.78 is 33.1. The predicted octanol–water partition coefficient (Wildman–Crippen LogP) is 20.7. The zero-order valence-electron chi connectivity index (χ0n) is 50.6. The van der Waals surface area contributed by atoms with E-state index in [1.807, 2.05) is 0 Å². The highest BCUT2D eigenvalue weighted by atomic mass is 31.2. The van der Waals surface area contributed by atoms with Gasteiger partial charge in [0.15, 0.2) is 6.10 Å². The number of allylic oxidation sites excluding steroid dienone is 20. The fourth-order valence-corrected chi connectivity index (χ4v) is 9.46. The molecule has 0 aromatic heterocycles. The summed E-state index contributed by atoms with van der Waals surface area (Å²) in [7, 11) is -4.40. The van der Waals surface area contributed by atoms with Gasteiger partial charge in [-0.15, -0.1) is 0 Å². The van der Waals surface area contributed by atoms with Crippen LogP contribution >= 0.6 is 7.82 Å². The number of nitrogens with two attached hydrogens (primary N) is 1. The molecule has 0 saturated heterocycles.